The van der Waals surface area contributed by atoms with Crippen LogP contribution < -0.4 is 0 Å². The number of esters is 1. The molecule has 0 atom stereocenters. The van der Waals surface area contributed by atoms with Crippen LogP contribution in [0.15, 0.2) is 71.8 Å². The van der Waals surface area contributed by atoms with E-state index < -0.39 is 0 Å². The van der Waals surface area contributed by atoms with Crippen molar-refractivity contribution in [3.63, 3.8) is 0 Å². The van der Waals surface area contributed by atoms with Crippen LogP contribution in [0, 0.1) is 0 Å². The number of benzene rings is 2. The lowest BCUT2D eigenvalue weighted by Crippen LogP contribution is -2.05. The minimum atomic E-state index is -0.323. The third kappa shape index (κ3) is 2.80. The lowest BCUT2D eigenvalue weighted by atomic mass is 10.1. The summed E-state index contributed by atoms with van der Waals surface area (Å²) in [5, 5.41) is 0. The maximum atomic E-state index is 12.0. The smallest absolute Gasteiger partial charge is 0.338 e. The zero-order chi connectivity index (χ0) is 17.2. The van der Waals surface area contributed by atoms with Crippen LogP contribution in [0.4, 0.5) is 0 Å². The Balaban J connectivity index is 1.75. The van der Waals surface area contributed by atoms with Crippen molar-refractivity contribution >= 4 is 17.0 Å². The Morgan fingerprint density at radius 2 is 2.08 bits per heavy atom. The van der Waals surface area contributed by atoms with Gasteiger partial charge in [0, 0.05) is 11.3 Å². The lowest BCUT2D eigenvalue weighted by Gasteiger charge is -2.07. The average Bonchev–Trinajstić information content (AvgIpc) is 3.31. The Hall–Kier alpha value is -3.34. The number of carbonyl (C=O) groups excluding carboxylic acids is 1. The Morgan fingerprint density at radius 3 is 2.88 bits per heavy atom. The molecule has 5 heteroatoms. The first-order valence-corrected chi connectivity index (χ1v) is 8.03. The molecule has 124 valence electrons. The number of fused-ring (bicyclic) bond motifs is 1. The summed E-state index contributed by atoms with van der Waals surface area (Å²) in [6.45, 7) is 2.15. The summed E-state index contributed by atoms with van der Waals surface area (Å²) in [7, 11) is 0. The normalized spacial score (nSPS) is 10.9. The highest BCUT2D eigenvalue weighted by atomic mass is 16.5. The summed E-state index contributed by atoms with van der Waals surface area (Å²) < 4.78 is 12.2. The van der Waals surface area contributed by atoms with Gasteiger partial charge in [0.15, 0.2) is 0 Å². The summed E-state index contributed by atoms with van der Waals surface area (Å²) in [6, 6.07) is 15.3. The Kier molecular flexibility index (Phi) is 3.82. The SMILES string of the molecule is CCOC(=O)c1cccc(-n2cnc3cc(-c4ccoc4)ccc32)c1. The molecule has 4 rings (SSSR count). The van der Waals surface area contributed by atoms with Crippen LogP contribution in [0.1, 0.15) is 17.3 Å². The molecule has 2 aromatic carbocycles. The molecule has 25 heavy (non-hydrogen) atoms. The minimum Gasteiger partial charge on any atom is -0.472 e. The maximum Gasteiger partial charge on any atom is 0.338 e. The van der Waals surface area contributed by atoms with Crippen molar-refractivity contribution in [2.75, 3.05) is 6.61 Å². The van der Waals surface area contributed by atoms with Crippen LogP contribution in [-0.2, 0) is 4.74 Å². The molecule has 0 bridgehead atoms. The molecule has 0 amide bonds. The van der Waals surface area contributed by atoms with Crippen LogP contribution in [0.3, 0.4) is 0 Å². The fourth-order valence-corrected chi connectivity index (χ4v) is 2.82. The van der Waals surface area contributed by atoms with Crippen LogP contribution >= 0.6 is 0 Å². The first kappa shape index (κ1) is 15.2. The molecule has 5 nitrogen and oxygen atoms in total. The fraction of sp³-hybridized carbons (Fsp3) is 0.100. The molecule has 0 N–H and O–H groups in total. The van der Waals surface area contributed by atoms with E-state index in [-0.39, 0.29) is 5.97 Å². The molecular weight excluding hydrogens is 316 g/mol. The van der Waals surface area contributed by atoms with Gasteiger partial charge in [-0.1, -0.05) is 12.1 Å². The van der Waals surface area contributed by atoms with E-state index in [1.165, 1.54) is 0 Å². The molecule has 0 radical (unpaired) electrons. The highest BCUT2D eigenvalue weighted by molar-refractivity contribution is 5.90. The molecule has 0 aliphatic carbocycles. The van der Waals surface area contributed by atoms with Gasteiger partial charge >= 0.3 is 5.97 Å². The maximum absolute atomic E-state index is 12.0. The van der Waals surface area contributed by atoms with E-state index in [9.17, 15) is 4.79 Å². The van der Waals surface area contributed by atoms with E-state index in [0.29, 0.717) is 12.2 Å². The van der Waals surface area contributed by atoms with E-state index in [4.69, 9.17) is 9.15 Å². The van der Waals surface area contributed by atoms with Crippen molar-refractivity contribution in [2.24, 2.45) is 0 Å². The molecule has 0 saturated heterocycles. The van der Waals surface area contributed by atoms with Crippen molar-refractivity contribution in [2.45, 2.75) is 6.92 Å². The molecular formula is C20H16N2O3. The number of carbonyl (C=O) groups is 1. The number of hydrogen-bond donors (Lipinski definition) is 0. The number of aromatic nitrogens is 2. The molecule has 4 aromatic rings. The van der Waals surface area contributed by atoms with Gasteiger partial charge in [-0.3, -0.25) is 4.57 Å². The highest BCUT2D eigenvalue weighted by Crippen LogP contribution is 2.26. The monoisotopic (exact) mass is 332 g/mol. The quantitative estimate of drug-likeness (QED) is 0.518. The third-order valence-corrected chi connectivity index (χ3v) is 4.04. The van der Waals surface area contributed by atoms with Crippen LogP contribution in [0.25, 0.3) is 27.8 Å². The first-order chi connectivity index (χ1) is 12.3. The molecule has 0 spiro atoms. The van der Waals surface area contributed by atoms with Crippen molar-refractivity contribution < 1.29 is 13.9 Å². The van der Waals surface area contributed by atoms with Crippen LogP contribution in [0.2, 0.25) is 0 Å². The fourth-order valence-electron chi connectivity index (χ4n) is 2.82. The number of nitrogens with zero attached hydrogens (tertiary/aromatic N) is 2. The summed E-state index contributed by atoms with van der Waals surface area (Å²) in [5.41, 5.74) is 5.29. The van der Waals surface area contributed by atoms with Gasteiger partial charge in [0.1, 0.15) is 6.33 Å². The topological polar surface area (TPSA) is 57.3 Å². The number of rotatable bonds is 4. The third-order valence-electron chi connectivity index (χ3n) is 4.04. The van der Waals surface area contributed by atoms with E-state index in [2.05, 4.69) is 4.98 Å². The summed E-state index contributed by atoms with van der Waals surface area (Å²) in [6.07, 6.45) is 5.12. The number of ether oxygens (including phenoxy) is 1. The van der Waals surface area contributed by atoms with Crippen LogP contribution in [-0.4, -0.2) is 22.1 Å². The number of imidazole rings is 1. The molecule has 0 aliphatic heterocycles. The van der Waals surface area contributed by atoms with E-state index >= 15 is 0 Å². The van der Waals surface area contributed by atoms with Gasteiger partial charge in [0.05, 0.1) is 35.7 Å². The Morgan fingerprint density at radius 1 is 1.16 bits per heavy atom. The zero-order valence-electron chi connectivity index (χ0n) is 13.7. The van der Waals surface area contributed by atoms with Gasteiger partial charge in [-0.25, -0.2) is 9.78 Å². The number of hydrogen-bond acceptors (Lipinski definition) is 4. The van der Waals surface area contributed by atoms with Gasteiger partial charge in [-0.2, -0.15) is 0 Å². The second-order valence-corrected chi connectivity index (χ2v) is 5.60. The second kappa shape index (κ2) is 6.28. The number of furan rings is 1. The molecule has 2 heterocycles. The first-order valence-electron chi connectivity index (χ1n) is 8.03. The predicted octanol–water partition coefficient (Wildman–Crippen LogP) is 4.46. The van der Waals surface area contributed by atoms with E-state index in [0.717, 1.165) is 27.8 Å². The average molecular weight is 332 g/mol. The van der Waals surface area contributed by atoms with Gasteiger partial charge in [0.25, 0.3) is 0 Å². The lowest BCUT2D eigenvalue weighted by molar-refractivity contribution is 0.0526. The van der Waals surface area contributed by atoms with Gasteiger partial charge in [-0.15, -0.1) is 0 Å². The van der Waals surface area contributed by atoms with Crippen molar-refractivity contribution in [1.29, 1.82) is 0 Å². The predicted molar refractivity (Wildman–Crippen MR) is 94.7 cm³/mol. The Labute approximate surface area is 144 Å². The summed E-state index contributed by atoms with van der Waals surface area (Å²) in [4.78, 5) is 16.4. The summed E-state index contributed by atoms with van der Waals surface area (Å²) >= 11 is 0. The highest BCUT2D eigenvalue weighted by Gasteiger charge is 2.10. The molecule has 0 saturated carbocycles. The molecule has 0 fully saturated rings. The molecule has 0 unspecified atom stereocenters. The molecule has 0 aliphatic rings. The van der Waals surface area contributed by atoms with Gasteiger partial charge in [0.2, 0.25) is 0 Å². The molecule has 2 aromatic heterocycles. The second-order valence-electron chi connectivity index (χ2n) is 5.60. The van der Waals surface area contributed by atoms with Crippen molar-refractivity contribution in [3.05, 3.63) is 72.9 Å². The standard InChI is InChI=1S/C20H16N2O3/c1-2-25-20(23)15-4-3-5-17(10-15)22-13-21-18-11-14(6-7-19(18)22)16-8-9-24-12-16/h3-13H,2H2,1H3. The van der Waals surface area contributed by atoms with Crippen molar-refractivity contribution in [1.82, 2.24) is 9.55 Å². The van der Waals surface area contributed by atoms with Gasteiger partial charge < -0.3 is 9.15 Å². The van der Waals surface area contributed by atoms with Gasteiger partial charge in [-0.05, 0) is 48.9 Å². The van der Waals surface area contributed by atoms with Crippen LogP contribution in [0.5, 0.6) is 0 Å². The van der Waals surface area contributed by atoms with E-state index in [1.54, 1.807) is 31.8 Å². The minimum absolute atomic E-state index is 0.323. The van der Waals surface area contributed by atoms with Crippen molar-refractivity contribution in [3.8, 4) is 16.8 Å². The zero-order valence-corrected chi connectivity index (χ0v) is 13.7. The Bertz CT molecular complexity index is 1030. The van der Waals surface area contributed by atoms with E-state index in [1.807, 2.05) is 47.0 Å². The largest absolute Gasteiger partial charge is 0.472 e. The summed E-state index contributed by atoms with van der Waals surface area (Å²) in [5.74, 6) is -0.323.